The van der Waals surface area contributed by atoms with Crippen molar-refractivity contribution < 1.29 is 9.72 Å². The lowest BCUT2D eigenvalue weighted by Gasteiger charge is -2.03. The summed E-state index contributed by atoms with van der Waals surface area (Å²) in [6.45, 7) is 0.355. The normalized spacial score (nSPS) is 10.1. The predicted molar refractivity (Wildman–Crippen MR) is 67.2 cm³/mol. The van der Waals surface area contributed by atoms with E-state index in [9.17, 15) is 14.9 Å². The van der Waals surface area contributed by atoms with Gasteiger partial charge in [0.1, 0.15) is 0 Å². The highest BCUT2D eigenvalue weighted by molar-refractivity contribution is 5.78. The zero-order valence-corrected chi connectivity index (χ0v) is 10.00. The molecule has 0 saturated heterocycles. The molecule has 0 saturated carbocycles. The number of nitrogens with one attached hydrogen (secondary N) is 2. The van der Waals surface area contributed by atoms with Crippen LogP contribution in [0, 0.1) is 10.1 Å². The van der Waals surface area contributed by atoms with Crippen molar-refractivity contribution in [1.29, 1.82) is 0 Å². The SMILES string of the molecule is O=C(Cc1cccc([N+](=O)[O-])c1)NCc1ccn[nH]1. The zero-order valence-electron chi connectivity index (χ0n) is 10.00. The molecule has 0 spiro atoms. The standard InChI is InChI=1S/C12H12N4O3/c17-12(13-8-10-4-5-14-15-10)7-9-2-1-3-11(6-9)16(18)19/h1-6H,7-8H2,(H,13,17)(H,14,15). The molecule has 0 atom stereocenters. The minimum absolute atomic E-state index is 0.0149. The largest absolute Gasteiger partial charge is 0.350 e. The van der Waals surface area contributed by atoms with Gasteiger partial charge in [0.2, 0.25) is 5.91 Å². The smallest absolute Gasteiger partial charge is 0.269 e. The number of carbonyl (C=O) groups excluding carboxylic acids is 1. The number of aromatic nitrogens is 2. The molecule has 19 heavy (non-hydrogen) atoms. The van der Waals surface area contributed by atoms with Crippen molar-refractivity contribution in [3.05, 3.63) is 57.9 Å². The summed E-state index contributed by atoms with van der Waals surface area (Å²) in [6.07, 6.45) is 1.71. The first-order valence-electron chi connectivity index (χ1n) is 5.63. The first-order valence-corrected chi connectivity index (χ1v) is 5.63. The Bertz CT molecular complexity index is 580. The van der Waals surface area contributed by atoms with Crippen LogP contribution in [0.4, 0.5) is 5.69 Å². The molecule has 7 heteroatoms. The molecule has 2 aromatic rings. The molecule has 0 aliphatic carbocycles. The van der Waals surface area contributed by atoms with Gasteiger partial charge < -0.3 is 5.32 Å². The zero-order chi connectivity index (χ0) is 13.7. The molecule has 1 amide bonds. The third-order valence-corrected chi connectivity index (χ3v) is 2.52. The second-order valence-corrected chi connectivity index (χ2v) is 3.96. The summed E-state index contributed by atoms with van der Waals surface area (Å²) in [5.41, 5.74) is 1.39. The Morgan fingerprint density at radius 1 is 1.42 bits per heavy atom. The van der Waals surface area contributed by atoms with Crippen molar-refractivity contribution in [2.24, 2.45) is 0 Å². The van der Waals surface area contributed by atoms with E-state index < -0.39 is 4.92 Å². The molecular formula is C12H12N4O3. The second-order valence-electron chi connectivity index (χ2n) is 3.96. The van der Waals surface area contributed by atoms with Gasteiger partial charge in [-0.05, 0) is 11.6 Å². The first-order chi connectivity index (χ1) is 9.15. The number of nitro groups is 1. The maximum Gasteiger partial charge on any atom is 0.269 e. The summed E-state index contributed by atoms with van der Waals surface area (Å²) in [5, 5.41) is 19.8. The van der Waals surface area contributed by atoms with Crippen molar-refractivity contribution >= 4 is 11.6 Å². The van der Waals surface area contributed by atoms with Crippen LogP contribution in [0.5, 0.6) is 0 Å². The molecule has 98 valence electrons. The average Bonchev–Trinajstić information content (AvgIpc) is 2.90. The third kappa shape index (κ3) is 3.63. The number of hydrogen-bond acceptors (Lipinski definition) is 4. The van der Waals surface area contributed by atoms with Crippen molar-refractivity contribution in [1.82, 2.24) is 15.5 Å². The van der Waals surface area contributed by atoms with Crippen molar-refractivity contribution in [2.75, 3.05) is 0 Å². The molecule has 1 aromatic carbocycles. The Morgan fingerprint density at radius 3 is 2.95 bits per heavy atom. The lowest BCUT2D eigenvalue weighted by Crippen LogP contribution is -2.24. The molecule has 0 fully saturated rings. The van der Waals surface area contributed by atoms with Crippen LogP contribution >= 0.6 is 0 Å². The Hall–Kier alpha value is -2.70. The van der Waals surface area contributed by atoms with E-state index in [1.165, 1.54) is 12.1 Å². The summed E-state index contributed by atoms with van der Waals surface area (Å²) >= 11 is 0. The number of carbonyl (C=O) groups is 1. The monoisotopic (exact) mass is 260 g/mol. The van der Waals surface area contributed by atoms with E-state index in [1.807, 2.05) is 0 Å². The van der Waals surface area contributed by atoms with E-state index in [0.717, 1.165) is 5.69 Å². The highest BCUT2D eigenvalue weighted by atomic mass is 16.6. The number of H-pyrrole nitrogens is 1. The number of nitro benzene ring substituents is 1. The fourth-order valence-electron chi connectivity index (χ4n) is 1.60. The van der Waals surface area contributed by atoms with Gasteiger partial charge in [0, 0.05) is 18.3 Å². The van der Waals surface area contributed by atoms with Gasteiger partial charge in [-0.15, -0.1) is 0 Å². The van der Waals surface area contributed by atoms with E-state index >= 15 is 0 Å². The number of hydrogen-bond donors (Lipinski definition) is 2. The van der Waals surface area contributed by atoms with E-state index in [2.05, 4.69) is 15.5 Å². The number of rotatable bonds is 5. The van der Waals surface area contributed by atoms with Crippen LogP contribution in [0.15, 0.2) is 36.5 Å². The average molecular weight is 260 g/mol. The van der Waals surface area contributed by atoms with Gasteiger partial charge >= 0.3 is 0 Å². The quantitative estimate of drug-likeness (QED) is 0.622. The minimum atomic E-state index is -0.480. The van der Waals surface area contributed by atoms with Crippen LogP contribution in [0.3, 0.4) is 0 Å². The predicted octanol–water partition coefficient (Wildman–Crippen LogP) is 1.18. The number of amides is 1. The Labute approximate surface area is 108 Å². The van der Waals surface area contributed by atoms with Crippen LogP contribution < -0.4 is 5.32 Å². The van der Waals surface area contributed by atoms with Gasteiger partial charge in [-0.1, -0.05) is 12.1 Å². The van der Waals surface area contributed by atoms with E-state index in [0.29, 0.717) is 12.1 Å². The first kappa shape index (κ1) is 12.7. The summed E-state index contributed by atoms with van der Waals surface area (Å²) in [6, 6.07) is 7.80. The van der Waals surface area contributed by atoms with Gasteiger partial charge in [-0.3, -0.25) is 20.0 Å². The fraction of sp³-hybridized carbons (Fsp3) is 0.167. The Kier molecular flexibility index (Phi) is 3.87. The third-order valence-electron chi connectivity index (χ3n) is 2.52. The topological polar surface area (TPSA) is 101 Å². The molecule has 0 unspecified atom stereocenters. The van der Waals surface area contributed by atoms with Gasteiger partial charge in [0.05, 0.1) is 23.6 Å². The molecule has 2 rings (SSSR count). The molecule has 0 radical (unpaired) electrons. The second kappa shape index (κ2) is 5.76. The van der Waals surface area contributed by atoms with E-state index in [4.69, 9.17) is 0 Å². The van der Waals surface area contributed by atoms with Crippen LogP contribution in [-0.4, -0.2) is 21.0 Å². The molecular weight excluding hydrogens is 248 g/mol. The summed E-state index contributed by atoms with van der Waals surface area (Å²) < 4.78 is 0. The van der Waals surface area contributed by atoms with Crippen LogP contribution in [0.2, 0.25) is 0 Å². The van der Waals surface area contributed by atoms with Crippen LogP contribution in [0.25, 0.3) is 0 Å². The lowest BCUT2D eigenvalue weighted by atomic mass is 10.1. The molecule has 0 bridgehead atoms. The number of benzene rings is 1. The summed E-state index contributed by atoms with van der Waals surface area (Å²) in [5.74, 6) is -0.199. The Morgan fingerprint density at radius 2 is 2.26 bits per heavy atom. The van der Waals surface area contributed by atoms with Crippen molar-refractivity contribution in [2.45, 2.75) is 13.0 Å². The van der Waals surface area contributed by atoms with Crippen molar-refractivity contribution in [3.8, 4) is 0 Å². The van der Waals surface area contributed by atoms with E-state index in [-0.39, 0.29) is 18.0 Å². The highest BCUT2D eigenvalue weighted by Gasteiger charge is 2.08. The maximum absolute atomic E-state index is 11.7. The number of aromatic amines is 1. The molecule has 2 N–H and O–H groups in total. The Balaban J connectivity index is 1.91. The van der Waals surface area contributed by atoms with Gasteiger partial charge in [-0.2, -0.15) is 5.10 Å². The molecule has 0 aliphatic rings. The molecule has 1 heterocycles. The molecule has 7 nitrogen and oxygen atoms in total. The highest BCUT2D eigenvalue weighted by Crippen LogP contribution is 2.13. The molecule has 1 aromatic heterocycles. The summed E-state index contributed by atoms with van der Waals surface area (Å²) in [4.78, 5) is 21.8. The van der Waals surface area contributed by atoms with Crippen molar-refractivity contribution in [3.63, 3.8) is 0 Å². The minimum Gasteiger partial charge on any atom is -0.350 e. The van der Waals surface area contributed by atoms with Gasteiger partial charge in [0.25, 0.3) is 5.69 Å². The summed E-state index contributed by atoms with van der Waals surface area (Å²) in [7, 11) is 0. The molecule has 0 aliphatic heterocycles. The lowest BCUT2D eigenvalue weighted by molar-refractivity contribution is -0.384. The fourth-order valence-corrected chi connectivity index (χ4v) is 1.60. The number of nitrogens with zero attached hydrogens (tertiary/aromatic N) is 2. The van der Waals surface area contributed by atoms with E-state index in [1.54, 1.807) is 24.4 Å². The van der Waals surface area contributed by atoms with Crippen LogP contribution in [0.1, 0.15) is 11.3 Å². The van der Waals surface area contributed by atoms with Crippen LogP contribution in [-0.2, 0) is 17.8 Å². The maximum atomic E-state index is 11.7. The number of non-ortho nitro benzene ring substituents is 1. The van der Waals surface area contributed by atoms with Gasteiger partial charge in [0.15, 0.2) is 0 Å². The van der Waals surface area contributed by atoms with Gasteiger partial charge in [-0.25, -0.2) is 0 Å².